The molecule has 2 aromatic rings. The van der Waals surface area contributed by atoms with Crippen molar-refractivity contribution >= 4 is 35.1 Å². The highest BCUT2D eigenvalue weighted by molar-refractivity contribution is 6.35. The lowest BCUT2D eigenvalue weighted by Crippen LogP contribution is -2.47. The van der Waals surface area contributed by atoms with Gasteiger partial charge in [0.2, 0.25) is 11.7 Å². The molecule has 1 N–H and O–H groups in total. The molecule has 1 aliphatic rings. The van der Waals surface area contributed by atoms with Gasteiger partial charge >= 0.3 is 6.01 Å². The number of halogens is 2. The standard InChI is InChI=1S/C15H16Cl2N4O3/c1-9(14(22)21-2-4-23-5-3-21)18-15-19-13(20-24-15)10-6-11(16)8-12(17)7-10/h6-9H,2-5H2,1H3,(H,18,19,20). The Morgan fingerprint density at radius 2 is 1.92 bits per heavy atom. The summed E-state index contributed by atoms with van der Waals surface area (Å²) in [6, 6.07) is 4.67. The minimum Gasteiger partial charge on any atom is -0.378 e. The third-order valence-corrected chi connectivity index (χ3v) is 4.02. The average Bonchev–Trinajstić information content (AvgIpc) is 3.02. The summed E-state index contributed by atoms with van der Waals surface area (Å²) in [5.41, 5.74) is 0.636. The van der Waals surface area contributed by atoms with Gasteiger partial charge < -0.3 is 19.5 Å². The second-order valence-corrected chi connectivity index (χ2v) is 6.26. The fourth-order valence-corrected chi connectivity index (χ4v) is 2.91. The van der Waals surface area contributed by atoms with Crippen molar-refractivity contribution in [1.29, 1.82) is 0 Å². The van der Waals surface area contributed by atoms with Crippen molar-refractivity contribution in [2.75, 3.05) is 31.6 Å². The molecule has 128 valence electrons. The number of carbonyl (C=O) groups is 1. The van der Waals surface area contributed by atoms with Gasteiger partial charge in [0.15, 0.2) is 0 Å². The number of benzene rings is 1. The van der Waals surface area contributed by atoms with E-state index in [-0.39, 0.29) is 11.9 Å². The van der Waals surface area contributed by atoms with E-state index in [1.54, 1.807) is 30.0 Å². The Kier molecular flexibility index (Phi) is 5.23. The summed E-state index contributed by atoms with van der Waals surface area (Å²) < 4.78 is 10.4. The molecular formula is C15H16Cl2N4O3. The van der Waals surface area contributed by atoms with Gasteiger partial charge in [-0.2, -0.15) is 4.98 Å². The van der Waals surface area contributed by atoms with Crippen LogP contribution in [-0.2, 0) is 9.53 Å². The Morgan fingerprint density at radius 3 is 2.58 bits per heavy atom. The van der Waals surface area contributed by atoms with Crippen molar-refractivity contribution in [1.82, 2.24) is 15.0 Å². The van der Waals surface area contributed by atoms with Gasteiger partial charge in [0.05, 0.1) is 13.2 Å². The van der Waals surface area contributed by atoms with Crippen LogP contribution in [0.2, 0.25) is 10.0 Å². The van der Waals surface area contributed by atoms with Crippen molar-refractivity contribution in [3.63, 3.8) is 0 Å². The number of ether oxygens (including phenoxy) is 1. The third-order valence-electron chi connectivity index (χ3n) is 3.58. The maximum absolute atomic E-state index is 12.4. The highest BCUT2D eigenvalue weighted by atomic mass is 35.5. The van der Waals surface area contributed by atoms with Gasteiger partial charge in [0.1, 0.15) is 6.04 Å². The highest BCUT2D eigenvalue weighted by Gasteiger charge is 2.23. The fraction of sp³-hybridized carbons (Fsp3) is 0.400. The van der Waals surface area contributed by atoms with Gasteiger partial charge in [0.25, 0.3) is 0 Å². The molecule has 24 heavy (non-hydrogen) atoms. The Labute approximate surface area is 148 Å². The molecule has 1 fully saturated rings. The van der Waals surface area contributed by atoms with Crippen LogP contribution in [0, 0.1) is 0 Å². The summed E-state index contributed by atoms with van der Waals surface area (Å²) in [4.78, 5) is 18.3. The molecule has 1 aromatic carbocycles. The van der Waals surface area contributed by atoms with Crippen molar-refractivity contribution in [2.24, 2.45) is 0 Å². The van der Waals surface area contributed by atoms with Crippen molar-refractivity contribution < 1.29 is 14.1 Å². The zero-order valence-corrected chi connectivity index (χ0v) is 14.5. The highest BCUT2D eigenvalue weighted by Crippen LogP contribution is 2.26. The smallest absolute Gasteiger partial charge is 0.322 e. The molecule has 0 spiro atoms. The molecular weight excluding hydrogens is 355 g/mol. The van der Waals surface area contributed by atoms with Crippen LogP contribution in [0.4, 0.5) is 6.01 Å². The Bertz CT molecular complexity index is 711. The van der Waals surface area contributed by atoms with Gasteiger partial charge in [0, 0.05) is 28.7 Å². The molecule has 2 heterocycles. The Balaban J connectivity index is 1.68. The summed E-state index contributed by atoms with van der Waals surface area (Å²) in [5, 5.41) is 7.76. The van der Waals surface area contributed by atoms with E-state index in [0.717, 1.165) is 0 Å². The maximum Gasteiger partial charge on any atom is 0.322 e. The minimum absolute atomic E-state index is 0.0381. The van der Waals surface area contributed by atoms with Crippen molar-refractivity contribution in [3.05, 3.63) is 28.2 Å². The zero-order valence-electron chi connectivity index (χ0n) is 13.0. The summed E-state index contributed by atoms with van der Waals surface area (Å²) in [6.07, 6.45) is 0. The molecule has 0 bridgehead atoms. The number of nitrogens with zero attached hydrogens (tertiary/aromatic N) is 3. The lowest BCUT2D eigenvalue weighted by Gasteiger charge is -2.29. The number of morpholine rings is 1. The van der Waals surface area contributed by atoms with E-state index in [0.29, 0.717) is 47.7 Å². The van der Waals surface area contributed by atoms with Gasteiger partial charge in [-0.1, -0.05) is 28.4 Å². The lowest BCUT2D eigenvalue weighted by molar-refractivity contribution is -0.135. The molecule has 1 atom stereocenters. The number of hydrogen-bond acceptors (Lipinski definition) is 6. The van der Waals surface area contributed by atoms with Crippen LogP contribution >= 0.6 is 23.2 Å². The van der Waals surface area contributed by atoms with E-state index in [1.165, 1.54) is 0 Å². The first kappa shape index (κ1) is 17.0. The first-order valence-corrected chi connectivity index (χ1v) is 8.22. The van der Waals surface area contributed by atoms with Gasteiger partial charge in [-0.3, -0.25) is 4.79 Å². The largest absolute Gasteiger partial charge is 0.378 e. The number of nitrogens with one attached hydrogen (secondary N) is 1. The van der Waals surface area contributed by atoms with Crippen LogP contribution in [0.3, 0.4) is 0 Å². The van der Waals surface area contributed by atoms with E-state index in [9.17, 15) is 4.79 Å². The summed E-state index contributed by atoms with van der Waals surface area (Å²) in [6.45, 7) is 4.03. The van der Waals surface area contributed by atoms with E-state index in [1.807, 2.05) is 0 Å². The number of carbonyl (C=O) groups excluding carboxylic acids is 1. The van der Waals surface area contributed by atoms with E-state index in [2.05, 4.69) is 15.5 Å². The molecule has 1 saturated heterocycles. The quantitative estimate of drug-likeness (QED) is 0.890. The molecule has 0 radical (unpaired) electrons. The molecule has 1 aliphatic heterocycles. The number of rotatable bonds is 4. The monoisotopic (exact) mass is 370 g/mol. The second kappa shape index (κ2) is 7.38. The SMILES string of the molecule is CC(Nc1nc(-c2cc(Cl)cc(Cl)c2)no1)C(=O)N1CCOCC1. The predicted octanol–water partition coefficient (Wildman–Crippen LogP) is 2.70. The predicted molar refractivity (Wildman–Crippen MR) is 90.2 cm³/mol. The molecule has 0 aliphatic carbocycles. The molecule has 1 aromatic heterocycles. The zero-order chi connectivity index (χ0) is 17.1. The van der Waals surface area contributed by atoms with Gasteiger partial charge in [-0.25, -0.2) is 0 Å². The van der Waals surface area contributed by atoms with Crippen LogP contribution in [0.25, 0.3) is 11.4 Å². The first-order valence-electron chi connectivity index (χ1n) is 7.46. The summed E-state index contributed by atoms with van der Waals surface area (Å²) in [7, 11) is 0. The second-order valence-electron chi connectivity index (χ2n) is 5.38. The lowest BCUT2D eigenvalue weighted by atomic mass is 10.2. The molecule has 0 saturated carbocycles. The molecule has 9 heteroatoms. The Morgan fingerprint density at radius 1 is 1.25 bits per heavy atom. The van der Waals surface area contributed by atoms with Crippen LogP contribution in [-0.4, -0.2) is 53.3 Å². The van der Waals surface area contributed by atoms with Crippen molar-refractivity contribution in [2.45, 2.75) is 13.0 Å². The maximum atomic E-state index is 12.4. The first-order chi connectivity index (χ1) is 11.5. The average molecular weight is 371 g/mol. The van der Waals surface area contributed by atoms with Crippen LogP contribution < -0.4 is 5.32 Å². The number of amides is 1. The van der Waals surface area contributed by atoms with Crippen LogP contribution in [0.5, 0.6) is 0 Å². The van der Waals surface area contributed by atoms with Crippen LogP contribution in [0.15, 0.2) is 22.7 Å². The molecule has 1 amide bonds. The topological polar surface area (TPSA) is 80.5 Å². The molecule has 7 nitrogen and oxygen atoms in total. The minimum atomic E-state index is -0.487. The van der Waals surface area contributed by atoms with Gasteiger partial charge in [-0.05, 0) is 25.1 Å². The van der Waals surface area contributed by atoms with E-state index < -0.39 is 6.04 Å². The van der Waals surface area contributed by atoms with Crippen LogP contribution in [0.1, 0.15) is 6.92 Å². The number of aromatic nitrogens is 2. The molecule has 3 rings (SSSR count). The van der Waals surface area contributed by atoms with Crippen molar-refractivity contribution in [3.8, 4) is 11.4 Å². The normalized spacial score (nSPS) is 16.0. The summed E-state index contributed by atoms with van der Waals surface area (Å²) in [5.74, 6) is 0.303. The fourth-order valence-electron chi connectivity index (χ4n) is 2.39. The van der Waals surface area contributed by atoms with Gasteiger partial charge in [-0.15, -0.1) is 0 Å². The summed E-state index contributed by atoms with van der Waals surface area (Å²) >= 11 is 11.9. The van der Waals surface area contributed by atoms with E-state index >= 15 is 0 Å². The third kappa shape index (κ3) is 3.98. The van der Waals surface area contributed by atoms with E-state index in [4.69, 9.17) is 32.5 Å². The Hall–Kier alpha value is -1.83. The number of anilines is 1. The molecule has 1 unspecified atom stereocenters. The number of hydrogen-bond donors (Lipinski definition) is 1.